The van der Waals surface area contributed by atoms with Gasteiger partial charge in [0.2, 0.25) is 5.91 Å². The number of fused-ring (bicyclic) bond motifs is 1. The highest BCUT2D eigenvalue weighted by molar-refractivity contribution is 7.99. The van der Waals surface area contributed by atoms with Gasteiger partial charge in [0.25, 0.3) is 0 Å². The molecule has 144 valence electrons. The number of thioether (sulfide) groups is 1. The minimum atomic E-state index is 0.0523. The summed E-state index contributed by atoms with van der Waals surface area (Å²) in [5.74, 6) is 3.57. The molecule has 26 heavy (non-hydrogen) atoms. The first-order chi connectivity index (χ1) is 12.6. The molecule has 2 N–H and O–H groups in total. The van der Waals surface area contributed by atoms with Crippen molar-refractivity contribution in [2.24, 2.45) is 11.8 Å². The first-order valence-corrected chi connectivity index (χ1v) is 11.3. The third-order valence-corrected chi connectivity index (χ3v) is 7.00. The average Bonchev–Trinajstić information content (AvgIpc) is 3.22. The molecule has 1 amide bonds. The standard InChI is InChI=1S/C21H33N3OS/c1-4-6-16(5-2)9-12-20(25)22-21-18-13-26-14-19(18)23-24(21)17-10-7-15(3)8-11-17/h7-8,10-11,16,18-19,21,23H,4-6,9,12-14H2,1-3H3,(H,22,25). The fraction of sp³-hybridized carbons (Fsp3) is 0.667. The van der Waals surface area contributed by atoms with Gasteiger partial charge >= 0.3 is 0 Å². The van der Waals surface area contributed by atoms with Crippen LogP contribution in [0.5, 0.6) is 0 Å². The SMILES string of the molecule is CCCC(CC)CCC(=O)NC1C2CSCC2NN1c1ccc(C)cc1. The Balaban J connectivity index is 1.64. The molecule has 0 saturated carbocycles. The molecule has 1 aromatic rings. The number of aryl methyl sites for hydroxylation is 1. The predicted molar refractivity (Wildman–Crippen MR) is 111 cm³/mol. The number of anilines is 1. The van der Waals surface area contributed by atoms with E-state index in [9.17, 15) is 4.79 Å². The molecule has 2 fully saturated rings. The summed E-state index contributed by atoms with van der Waals surface area (Å²) >= 11 is 1.98. The Bertz CT molecular complexity index is 591. The van der Waals surface area contributed by atoms with Gasteiger partial charge in [0.1, 0.15) is 6.17 Å². The third-order valence-electron chi connectivity index (χ3n) is 5.79. The molecule has 1 aromatic carbocycles. The van der Waals surface area contributed by atoms with Gasteiger partial charge in [0, 0.05) is 29.9 Å². The molecule has 2 heterocycles. The van der Waals surface area contributed by atoms with E-state index in [-0.39, 0.29) is 12.1 Å². The van der Waals surface area contributed by atoms with Crippen molar-refractivity contribution in [2.75, 3.05) is 16.5 Å². The number of carbonyl (C=O) groups excluding carboxylic acids is 1. The highest BCUT2D eigenvalue weighted by atomic mass is 32.2. The smallest absolute Gasteiger partial charge is 0.221 e. The molecule has 3 rings (SSSR count). The number of rotatable bonds is 8. The molecule has 4 unspecified atom stereocenters. The summed E-state index contributed by atoms with van der Waals surface area (Å²) in [5, 5.41) is 5.54. The van der Waals surface area contributed by atoms with Crippen molar-refractivity contribution in [1.29, 1.82) is 0 Å². The number of nitrogens with one attached hydrogen (secondary N) is 2. The van der Waals surface area contributed by atoms with Crippen molar-refractivity contribution in [3.63, 3.8) is 0 Å². The normalized spacial score (nSPS) is 26.0. The minimum absolute atomic E-state index is 0.0523. The summed E-state index contributed by atoms with van der Waals surface area (Å²) in [5.41, 5.74) is 6.03. The zero-order valence-corrected chi connectivity index (χ0v) is 17.1. The van der Waals surface area contributed by atoms with Crippen molar-refractivity contribution in [2.45, 2.75) is 65.1 Å². The second kappa shape index (κ2) is 9.14. The Hall–Kier alpha value is -1.20. The second-order valence-corrected chi connectivity index (χ2v) is 8.83. The Morgan fingerprint density at radius 1 is 1.27 bits per heavy atom. The Morgan fingerprint density at radius 2 is 2.04 bits per heavy atom. The van der Waals surface area contributed by atoms with E-state index in [0.717, 1.165) is 23.6 Å². The lowest BCUT2D eigenvalue weighted by atomic mass is 9.95. The van der Waals surface area contributed by atoms with Crippen LogP contribution in [0.25, 0.3) is 0 Å². The maximum Gasteiger partial charge on any atom is 0.221 e. The van der Waals surface area contributed by atoms with Crippen LogP contribution in [0.4, 0.5) is 5.69 Å². The number of amides is 1. The van der Waals surface area contributed by atoms with Gasteiger partial charge in [-0.1, -0.05) is 50.8 Å². The summed E-state index contributed by atoms with van der Waals surface area (Å²) < 4.78 is 0. The third kappa shape index (κ3) is 4.55. The molecule has 4 nitrogen and oxygen atoms in total. The molecule has 4 atom stereocenters. The van der Waals surface area contributed by atoms with Crippen molar-refractivity contribution in [3.8, 4) is 0 Å². The van der Waals surface area contributed by atoms with Crippen molar-refractivity contribution in [1.82, 2.24) is 10.7 Å². The van der Waals surface area contributed by atoms with Gasteiger partial charge in [0.15, 0.2) is 0 Å². The number of hydrogen-bond donors (Lipinski definition) is 2. The first kappa shape index (κ1) is 19.6. The molecule has 2 aliphatic heterocycles. The summed E-state index contributed by atoms with van der Waals surface area (Å²) in [6.45, 7) is 6.56. The molecule has 5 heteroatoms. The number of hydrogen-bond acceptors (Lipinski definition) is 4. The maximum atomic E-state index is 12.7. The second-order valence-electron chi connectivity index (χ2n) is 7.76. The molecule has 2 aliphatic rings. The number of hydrazine groups is 1. The molecule has 2 saturated heterocycles. The van der Waals surface area contributed by atoms with Gasteiger partial charge in [-0.25, -0.2) is 5.43 Å². The van der Waals surface area contributed by atoms with E-state index in [1.807, 2.05) is 11.8 Å². The van der Waals surface area contributed by atoms with Crippen molar-refractivity contribution >= 4 is 23.4 Å². The summed E-state index contributed by atoms with van der Waals surface area (Å²) in [6.07, 6.45) is 5.30. The summed E-state index contributed by atoms with van der Waals surface area (Å²) in [4.78, 5) is 12.7. The quantitative estimate of drug-likeness (QED) is 0.718. The van der Waals surface area contributed by atoms with E-state index in [1.165, 1.54) is 24.8 Å². The van der Waals surface area contributed by atoms with E-state index in [0.29, 0.717) is 24.3 Å². The molecule has 0 spiro atoms. The molecule has 0 bridgehead atoms. The van der Waals surface area contributed by atoms with Crippen molar-refractivity contribution in [3.05, 3.63) is 29.8 Å². The van der Waals surface area contributed by atoms with Crippen LogP contribution in [0.1, 0.15) is 51.5 Å². The fourth-order valence-electron chi connectivity index (χ4n) is 4.11. The topological polar surface area (TPSA) is 44.4 Å². The Morgan fingerprint density at radius 3 is 2.73 bits per heavy atom. The van der Waals surface area contributed by atoms with E-state index >= 15 is 0 Å². The fourth-order valence-corrected chi connectivity index (χ4v) is 5.51. The van der Waals surface area contributed by atoms with Gasteiger partial charge < -0.3 is 5.32 Å². The van der Waals surface area contributed by atoms with Gasteiger partial charge in [-0.15, -0.1) is 0 Å². The lowest BCUT2D eigenvalue weighted by molar-refractivity contribution is -0.122. The van der Waals surface area contributed by atoms with Crippen LogP contribution in [0.2, 0.25) is 0 Å². The van der Waals surface area contributed by atoms with Crippen LogP contribution >= 0.6 is 11.8 Å². The number of nitrogens with zero attached hydrogens (tertiary/aromatic N) is 1. The predicted octanol–water partition coefficient (Wildman–Crippen LogP) is 4.10. The summed E-state index contributed by atoms with van der Waals surface area (Å²) in [7, 11) is 0. The largest absolute Gasteiger partial charge is 0.334 e. The van der Waals surface area contributed by atoms with Crippen LogP contribution in [-0.2, 0) is 4.79 Å². The number of carbonyl (C=O) groups is 1. The van der Waals surface area contributed by atoms with Gasteiger partial charge in [-0.3, -0.25) is 9.80 Å². The molecular weight excluding hydrogens is 342 g/mol. The van der Waals surface area contributed by atoms with Crippen molar-refractivity contribution < 1.29 is 4.79 Å². The van der Waals surface area contributed by atoms with Crippen LogP contribution in [0.15, 0.2) is 24.3 Å². The molecular formula is C21H33N3OS. The molecule has 0 aliphatic carbocycles. The van der Waals surface area contributed by atoms with Gasteiger partial charge in [-0.2, -0.15) is 11.8 Å². The van der Waals surface area contributed by atoms with Crippen LogP contribution in [0, 0.1) is 18.8 Å². The zero-order chi connectivity index (χ0) is 18.5. The first-order valence-electron chi connectivity index (χ1n) is 10.1. The van der Waals surface area contributed by atoms with Crippen LogP contribution < -0.4 is 15.8 Å². The lowest BCUT2D eigenvalue weighted by Crippen LogP contribution is -2.50. The average molecular weight is 376 g/mol. The van der Waals surface area contributed by atoms with Crippen LogP contribution in [-0.4, -0.2) is 29.6 Å². The zero-order valence-electron chi connectivity index (χ0n) is 16.3. The molecule has 0 radical (unpaired) electrons. The van der Waals surface area contributed by atoms with E-state index in [1.54, 1.807) is 0 Å². The lowest BCUT2D eigenvalue weighted by Gasteiger charge is -2.30. The minimum Gasteiger partial charge on any atom is -0.334 e. The highest BCUT2D eigenvalue weighted by Gasteiger charge is 2.45. The van der Waals surface area contributed by atoms with Crippen LogP contribution in [0.3, 0.4) is 0 Å². The Kier molecular flexibility index (Phi) is 6.87. The summed E-state index contributed by atoms with van der Waals surface area (Å²) in [6, 6.07) is 9.01. The van der Waals surface area contributed by atoms with E-state index in [4.69, 9.17) is 0 Å². The van der Waals surface area contributed by atoms with Gasteiger partial charge in [0.05, 0.1) is 5.69 Å². The van der Waals surface area contributed by atoms with Gasteiger partial charge in [-0.05, 0) is 31.4 Å². The molecule has 0 aromatic heterocycles. The number of benzene rings is 1. The van der Waals surface area contributed by atoms with E-state index < -0.39 is 0 Å². The highest BCUT2D eigenvalue weighted by Crippen LogP contribution is 2.35. The maximum absolute atomic E-state index is 12.7. The monoisotopic (exact) mass is 375 g/mol. The Labute approximate surface area is 162 Å². The van der Waals surface area contributed by atoms with E-state index in [2.05, 4.69) is 60.8 Å².